The van der Waals surface area contributed by atoms with E-state index in [0.717, 1.165) is 32.1 Å². The summed E-state index contributed by atoms with van der Waals surface area (Å²) < 4.78 is 51.5. The molecule has 10 heteroatoms. The lowest BCUT2D eigenvalue weighted by molar-refractivity contribution is -0.171. The maximum absolute atomic E-state index is 13.7. The summed E-state index contributed by atoms with van der Waals surface area (Å²) in [6.07, 6.45) is 1.93. The van der Waals surface area contributed by atoms with Crippen LogP contribution in [0.3, 0.4) is 0 Å². The van der Waals surface area contributed by atoms with Gasteiger partial charge in [0, 0.05) is 30.2 Å². The van der Waals surface area contributed by atoms with Crippen molar-refractivity contribution >= 4 is 17.5 Å². The molecule has 1 aliphatic heterocycles. The number of rotatable bonds is 5. The van der Waals surface area contributed by atoms with Crippen LogP contribution in [-0.4, -0.2) is 35.8 Å². The van der Waals surface area contributed by atoms with E-state index in [-0.39, 0.29) is 29.8 Å². The zero-order chi connectivity index (χ0) is 22.7. The summed E-state index contributed by atoms with van der Waals surface area (Å²) in [5.74, 6) is -2.29. The zero-order valence-electron chi connectivity index (χ0n) is 17.1. The van der Waals surface area contributed by atoms with Crippen molar-refractivity contribution in [1.29, 1.82) is 0 Å². The maximum Gasteiger partial charge on any atom is 0.471 e. The number of anilines is 1. The lowest BCUT2D eigenvalue weighted by atomic mass is 9.94. The number of nitrogens with one attached hydrogen (secondary N) is 1. The molecular formula is C22H22F3N3O4. The van der Waals surface area contributed by atoms with Gasteiger partial charge in [0.2, 0.25) is 12.7 Å². The molecule has 0 saturated heterocycles. The second-order valence-corrected chi connectivity index (χ2v) is 7.74. The first-order chi connectivity index (χ1) is 15.3. The second kappa shape index (κ2) is 9.05. The van der Waals surface area contributed by atoms with Crippen molar-refractivity contribution in [3.05, 3.63) is 48.3 Å². The van der Waals surface area contributed by atoms with E-state index in [9.17, 15) is 22.8 Å². The van der Waals surface area contributed by atoms with E-state index in [0.29, 0.717) is 10.6 Å². The van der Waals surface area contributed by atoms with Crippen molar-refractivity contribution in [2.24, 2.45) is 0 Å². The molecule has 2 heterocycles. The number of carbonyl (C=O) groups excluding carboxylic acids is 2. The van der Waals surface area contributed by atoms with E-state index in [4.69, 9.17) is 9.47 Å². The number of alkyl halides is 3. The Morgan fingerprint density at radius 2 is 1.72 bits per heavy atom. The van der Waals surface area contributed by atoms with Gasteiger partial charge in [-0.1, -0.05) is 19.3 Å². The lowest BCUT2D eigenvalue weighted by Crippen LogP contribution is -2.50. The molecule has 7 nitrogen and oxygen atoms in total. The van der Waals surface area contributed by atoms with E-state index < -0.39 is 24.0 Å². The maximum atomic E-state index is 13.7. The average molecular weight is 449 g/mol. The molecule has 2 aromatic rings. The third-order valence-electron chi connectivity index (χ3n) is 5.58. The number of hydrogen-bond donors (Lipinski definition) is 1. The summed E-state index contributed by atoms with van der Waals surface area (Å²) in [6, 6.07) is 5.14. The van der Waals surface area contributed by atoms with Crippen LogP contribution >= 0.6 is 0 Å². The first-order valence-corrected chi connectivity index (χ1v) is 10.3. The number of fused-ring (bicyclic) bond motifs is 1. The molecule has 0 spiro atoms. The fraction of sp³-hybridized carbons (Fsp3) is 0.409. The molecule has 1 aromatic carbocycles. The predicted octanol–water partition coefficient (Wildman–Crippen LogP) is 3.90. The summed E-state index contributed by atoms with van der Waals surface area (Å²) in [7, 11) is 0. The Kier molecular flexibility index (Phi) is 6.20. The zero-order valence-corrected chi connectivity index (χ0v) is 17.1. The van der Waals surface area contributed by atoms with Gasteiger partial charge in [-0.25, -0.2) is 0 Å². The molecule has 2 amide bonds. The molecule has 1 aliphatic carbocycles. The third kappa shape index (κ3) is 4.63. The quantitative estimate of drug-likeness (QED) is 0.749. The van der Waals surface area contributed by atoms with E-state index in [1.807, 2.05) is 0 Å². The van der Waals surface area contributed by atoms with Gasteiger partial charge < -0.3 is 14.8 Å². The fourth-order valence-corrected chi connectivity index (χ4v) is 4.05. The van der Waals surface area contributed by atoms with Crippen molar-refractivity contribution in [3.63, 3.8) is 0 Å². The van der Waals surface area contributed by atoms with Crippen LogP contribution in [0.5, 0.6) is 11.5 Å². The number of aromatic nitrogens is 1. The van der Waals surface area contributed by atoms with Crippen molar-refractivity contribution < 1.29 is 32.2 Å². The highest BCUT2D eigenvalue weighted by atomic mass is 19.4. The molecule has 170 valence electrons. The van der Waals surface area contributed by atoms with Gasteiger partial charge in [0.25, 0.3) is 0 Å². The Labute approximate surface area is 182 Å². The van der Waals surface area contributed by atoms with Crippen LogP contribution in [0, 0.1) is 0 Å². The molecule has 1 atom stereocenters. The monoisotopic (exact) mass is 449 g/mol. The van der Waals surface area contributed by atoms with Gasteiger partial charge >= 0.3 is 12.1 Å². The van der Waals surface area contributed by atoms with Gasteiger partial charge in [-0.05, 0) is 42.7 Å². The second-order valence-electron chi connectivity index (χ2n) is 7.74. The van der Waals surface area contributed by atoms with Gasteiger partial charge in [-0.2, -0.15) is 13.2 Å². The minimum Gasteiger partial charge on any atom is -0.454 e. The molecular weight excluding hydrogens is 427 g/mol. The van der Waals surface area contributed by atoms with Crippen molar-refractivity contribution in [2.75, 3.05) is 11.7 Å². The number of hydrogen-bond acceptors (Lipinski definition) is 5. The summed E-state index contributed by atoms with van der Waals surface area (Å²) in [6.45, 7) is -0.0814. The number of amides is 2. The first-order valence-electron chi connectivity index (χ1n) is 10.3. The molecule has 1 N–H and O–H groups in total. The molecule has 0 bridgehead atoms. The van der Waals surface area contributed by atoms with Gasteiger partial charge in [-0.3, -0.25) is 19.5 Å². The van der Waals surface area contributed by atoms with E-state index >= 15 is 0 Å². The Morgan fingerprint density at radius 1 is 1.03 bits per heavy atom. The van der Waals surface area contributed by atoms with Gasteiger partial charge in [-0.15, -0.1) is 0 Å². The molecule has 4 rings (SSSR count). The fourth-order valence-electron chi connectivity index (χ4n) is 4.05. The highest BCUT2D eigenvalue weighted by molar-refractivity contribution is 6.04. The SMILES string of the molecule is O=C(NC1CCCCC1)[C@@H](c1ccncc1)N(C(=O)C(F)(F)F)c1ccc2c(c1)OCO2. The Morgan fingerprint density at radius 3 is 2.41 bits per heavy atom. The number of halogens is 3. The smallest absolute Gasteiger partial charge is 0.454 e. The molecule has 0 unspecified atom stereocenters. The number of carbonyl (C=O) groups is 2. The number of ether oxygens (including phenoxy) is 2. The number of pyridine rings is 1. The van der Waals surface area contributed by atoms with Crippen molar-refractivity contribution in [1.82, 2.24) is 10.3 Å². The predicted molar refractivity (Wildman–Crippen MR) is 108 cm³/mol. The van der Waals surface area contributed by atoms with Gasteiger partial charge in [0.05, 0.1) is 0 Å². The molecule has 32 heavy (non-hydrogen) atoms. The van der Waals surface area contributed by atoms with Crippen LogP contribution in [0.4, 0.5) is 18.9 Å². The van der Waals surface area contributed by atoms with E-state index in [2.05, 4.69) is 10.3 Å². The highest BCUT2D eigenvalue weighted by Gasteiger charge is 2.48. The average Bonchev–Trinajstić information content (AvgIpc) is 3.25. The van der Waals surface area contributed by atoms with Crippen LogP contribution in [0.25, 0.3) is 0 Å². The molecule has 2 aliphatic rings. The standard InChI is InChI=1S/C22H22F3N3O4/c23-22(24,25)21(30)28(16-6-7-17-18(12-16)32-13-31-17)19(14-8-10-26-11-9-14)20(29)27-15-4-2-1-3-5-15/h6-12,15,19H,1-5,13H2,(H,27,29)/t19-/m1/s1. The molecule has 0 radical (unpaired) electrons. The van der Waals surface area contributed by atoms with Crippen LogP contribution < -0.4 is 19.7 Å². The normalized spacial score (nSPS) is 17.0. The van der Waals surface area contributed by atoms with E-state index in [1.54, 1.807) is 0 Å². The number of benzene rings is 1. The Bertz CT molecular complexity index is 978. The first kappa shape index (κ1) is 21.9. The van der Waals surface area contributed by atoms with Crippen LogP contribution in [0.2, 0.25) is 0 Å². The highest BCUT2D eigenvalue weighted by Crippen LogP contribution is 2.39. The lowest BCUT2D eigenvalue weighted by Gasteiger charge is -2.33. The third-order valence-corrected chi connectivity index (χ3v) is 5.58. The van der Waals surface area contributed by atoms with Crippen LogP contribution in [0.15, 0.2) is 42.7 Å². The summed E-state index contributed by atoms with van der Waals surface area (Å²) in [4.78, 5) is 30.3. The van der Waals surface area contributed by atoms with Gasteiger partial charge in [0.1, 0.15) is 6.04 Å². The Hall–Kier alpha value is -3.30. The summed E-state index contributed by atoms with van der Waals surface area (Å²) in [5.41, 5.74) is 0.0840. The van der Waals surface area contributed by atoms with Crippen LogP contribution in [0.1, 0.15) is 43.7 Å². The largest absolute Gasteiger partial charge is 0.471 e. The van der Waals surface area contributed by atoms with Crippen LogP contribution in [-0.2, 0) is 9.59 Å². The Balaban J connectivity index is 1.77. The molecule has 1 saturated carbocycles. The van der Waals surface area contributed by atoms with E-state index in [1.165, 1.54) is 42.7 Å². The van der Waals surface area contributed by atoms with Gasteiger partial charge in [0.15, 0.2) is 11.5 Å². The van der Waals surface area contributed by atoms with Crippen molar-refractivity contribution in [3.8, 4) is 11.5 Å². The minimum atomic E-state index is -5.20. The molecule has 1 aromatic heterocycles. The molecule has 1 fully saturated rings. The minimum absolute atomic E-state index is 0.0814. The summed E-state index contributed by atoms with van der Waals surface area (Å²) in [5, 5.41) is 2.85. The summed E-state index contributed by atoms with van der Waals surface area (Å²) >= 11 is 0. The topological polar surface area (TPSA) is 80.8 Å². The van der Waals surface area contributed by atoms with Crippen molar-refractivity contribution in [2.45, 2.75) is 50.4 Å². The number of nitrogens with zero attached hydrogens (tertiary/aromatic N) is 2.